The van der Waals surface area contributed by atoms with Crippen molar-refractivity contribution in [3.63, 3.8) is 0 Å². The number of methoxy groups -OCH3 is 1. The van der Waals surface area contributed by atoms with Gasteiger partial charge in [0, 0.05) is 6.04 Å². The molecule has 0 radical (unpaired) electrons. The van der Waals surface area contributed by atoms with Gasteiger partial charge in [-0.2, -0.15) is 0 Å². The molecule has 0 aromatic carbocycles. The molecule has 1 aliphatic heterocycles. The van der Waals surface area contributed by atoms with E-state index >= 15 is 0 Å². The first-order valence-corrected chi connectivity index (χ1v) is 9.87. The average molecular weight is 401 g/mol. The molecule has 28 heavy (non-hydrogen) atoms. The second-order valence-electron chi connectivity index (χ2n) is 9.18. The van der Waals surface area contributed by atoms with Gasteiger partial charge < -0.3 is 24.8 Å². The van der Waals surface area contributed by atoms with Gasteiger partial charge in [-0.05, 0) is 73.6 Å². The van der Waals surface area contributed by atoms with E-state index in [1.165, 1.54) is 7.11 Å². The summed E-state index contributed by atoms with van der Waals surface area (Å²) in [5, 5.41) is 5.87. The molecule has 8 heteroatoms. The molecule has 162 valence electrons. The van der Waals surface area contributed by atoms with Crippen LogP contribution in [0.4, 0.5) is 4.79 Å². The van der Waals surface area contributed by atoms with Crippen molar-refractivity contribution in [2.24, 2.45) is 0 Å². The third-order valence-corrected chi connectivity index (χ3v) is 4.15. The number of hydrogen-bond donors (Lipinski definition) is 2. The highest BCUT2D eigenvalue weighted by molar-refractivity contribution is 5.81. The summed E-state index contributed by atoms with van der Waals surface area (Å²) < 4.78 is 15.4. The van der Waals surface area contributed by atoms with E-state index in [0.29, 0.717) is 12.8 Å². The number of nitrogens with one attached hydrogen (secondary N) is 2. The summed E-state index contributed by atoms with van der Waals surface area (Å²) in [5.74, 6) is -0.731. The van der Waals surface area contributed by atoms with Crippen molar-refractivity contribution in [1.29, 1.82) is 0 Å². The number of amides is 1. The van der Waals surface area contributed by atoms with Crippen LogP contribution in [-0.4, -0.2) is 54.5 Å². The molecule has 3 atom stereocenters. The van der Waals surface area contributed by atoms with Gasteiger partial charge in [0.25, 0.3) is 0 Å². The van der Waals surface area contributed by atoms with Gasteiger partial charge in [-0.3, -0.25) is 4.79 Å². The molecule has 1 saturated heterocycles. The van der Waals surface area contributed by atoms with Gasteiger partial charge in [-0.15, -0.1) is 0 Å². The van der Waals surface area contributed by atoms with Gasteiger partial charge in [-0.25, -0.2) is 9.59 Å². The van der Waals surface area contributed by atoms with E-state index in [1.54, 1.807) is 20.8 Å². The number of alkyl carbamates (subject to hydrolysis) is 1. The van der Waals surface area contributed by atoms with Crippen LogP contribution < -0.4 is 10.6 Å². The van der Waals surface area contributed by atoms with Crippen LogP contribution in [0.25, 0.3) is 0 Å². The summed E-state index contributed by atoms with van der Waals surface area (Å²) in [6.45, 7) is 10.8. The number of hydrogen-bond acceptors (Lipinski definition) is 7. The lowest BCUT2D eigenvalue weighted by Gasteiger charge is -2.23. The zero-order valence-corrected chi connectivity index (χ0v) is 18.2. The number of esters is 2. The van der Waals surface area contributed by atoms with Crippen molar-refractivity contribution in [2.45, 2.75) is 103 Å². The van der Waals surface area contributed by atoms with E-state index < -0.39 is 29.3 Å². The van der Waals surface area contributed by atoms with Gasteiger partial charge in [0.05, 0.1) is 7.11 Å². The van der Waals surface area contributed by atoms with Crippen LogP contribution in [0.3, 0.4) is 0 Å². The number of carbonyl (C=O) groups is 3. The first kappa shape index (κ1) is 24.2. The molecule has 1 amide bonds. The molecule has 1 fully saturated rings. The molecule has 0 saturated carbocycles. The third kappa shape index (κ3) is 9.39. The van der Waals surface area contributed by atoms with Crippen LogP contribution in [-0.2, 0) is 23.8 Å². The van der Waals surface area contributed by atoms with Gasteiger partial charge in [-0.1, -0.05) is 0 Å². The Hall–Kier alpha value is -1.83. The minimum atomic E-state index is -0.761. The molecule has 1 heterocycles. The summed E-state index contributed by atoms with van der Waals surface area (Å²) in [5.41, 5.74) is -1.15. The molecular formula is C20H36N2O6. The highest BCUT2D eigenvalue weighted by atomic mass is 16.6. The van der Waals surface area contributed by atoms with Crippen molar-refractivity contribution in [2.75, 3.05) is 7.11 Å². The average Bonchev–Trinajstić information content (AvgIpc) is 2.98. The van der Waals surface area contributed by atoms with E-state index in [0.717, 1.165) is 19.3 Å². The molecule has 1 aliphatic rings. The molecular weight excluding hydrogens is 364 g/mol. The van der Waals surface area contributed by atoms with E-state index in [4.69, 9.17) is 14.2 Å². The maximum Gasteiger partial charge on any atom is 0.408 e. The fraction of sp³-hybridized carbons (Fsp3) is 0.850. The van der Waals surface area contributed by atoms with Crippen LogP contribution in [0, 0.1) is 0 Å². The lowest BCUT2D eigenvalue weighted by atomic mass is 10.0. The largest absolute Gasteiger partial charge is 0.467 e. The lowest BCUT2D eigenvalue weighted by Crippen LogP contribution is -2.44. The highest BCUT2D eigenvalue weighted by Crippen LogP contribution is 2.20. The molecule has 0 aromatic rings. The molecule has 2 N–H and O–H groups in total. The second-order valence-corrected chi connectivity index (χ2v) is 9.18. The zero-order chi connectivity index (χ0) is 21.5. The van der Waals surface area contributed by atoms with E-state index in [1.807, 2.05) is 20.8 Å². The Kier molecular flexibility index (Phi) is 8.73. The maximum atomic E-state index is 12.1. The van der Waals surface area contributed by atoms with Gasteiger partial charge in [0.1, 0.15) is 23.3 Å². The number of rotatable bonds is 7. The normalized spacial score (nSPS) is 21.0. The molecule has 0 aliphatic carbocycles. The Morgan fingerprint density at radius 2 is 1.64 bits per heavy atom. The van der Waals surface area contributed by atoms with Crippen LogP contribution in [0.2, 0.25) is 0 Å². The highest BCUT2D eigenvalue weighted by Gasteiger charge is 2.32. The summed E-state index contributed by atoms with van der Waals surface area (Å²) in [4.78, 5) is 36.0. The minimum absolute atomic E-state index is 0.178. The van der Waals surface area contributed by atoms with Crippen LogP contribution in [0.1, 0.15) is 73.6 Å². The predicted octanol–water partition coefficient (Wildman–Crippen LogP) is 2.69. The zero-order valence-electron chi connectivity index (χ0n) is 18.2. The molecule has 0 aromatic heterocycles. The molecule has 0 spiro atoms. The third-order valence-electron chi connectivity index (χ3n) is 4.15. The first-order valence-electron chi connectivity index (χ1n) is 9.87. The Bertz CT molecular complexity index is 550. The summed E-state index contributed by atoms with van der Waals surface area (Å²) in [6, 6.07) is -0.874. The standard InChI is InChI=1S/C20H36N2O6/c1-19(2,3)27-17(24)15-12-11-13(21-15)9-8-10-14(16(23)26-7)22-18(25)28-20(4,5)6/h13-15,21H,8-12H2,1-7H3,(H,22,25)/t13-,14?,15-/m0/s1. The number of ether oxygens (including phenoxy) is 3. The lowest BCUT2D eigenvalue weighted by molar-refractivity contribution is -0.157. The van der Waals surface area contributed by atoms with E-state index in [-0.39, 0.29) is 18.1 Å². The van der Waals surface area contributed by atoms with Gasteiger partial charge >= 0.3 is 18.0 Å². The Balaban J connectivity index is 2.45. The smallest absolute Gasteiger partial charge is 0.408 e. The molecule has 1 unspecified atom stereocenters. The monoisotopic (exact) mass is 400 g/mol. The Morgan fingerprint density at radius 1 is 1.04 bits per heavy atom. The van der Waals surface area contributed by atoms with E-state index in [9.17, 15) is 14.4 Å². The van der Waals surface area contributed by atoms with Crippen molar-refractivity contribution < 1.29 is 28.6 Å². The number of carbonyl (C=O) groups excluding carboxylic acids is 3. The predicted molar refractivity (Wildman–Crippen MR) is 105 cm³/mol. The molecule has 1 rings (SSSR count). The van der Waals surface area contributed by atoms with Crippen LogP contribution in [0.5, 0.6) is 0 Å². The minimum Gasteiger partial charge on any atom is -0.467 e. The fourth-order valence-electron chi connectivity index (χ4n) is 3.01. The summed E-state index contributed by atoms with van der Waals surface area (Å²) in [6.07, 6.45) is 2.85. The van der Waals surface area contributed by atoms with Crippen molar-refractivity contribution in [3.05, 3.63) is 0 Å². The van der Waals surface area contributed by atoms with Gasteiger partial charge in [0.2, 0.25) is 0 Å². The quantitative estimate of drug-likeness (QED) is 0.500. The van der Waals surface area contributed by atoms with Crippen LogP contribution >= 0.6 is 0 Å². The van der Waals surface area contributed by atoms with Crippen molar-refractivity contribution in [1.82, 2.24) is 10.6 Å². The van der Waals surface area contributed by atoms with Crippen molar-refractivity contribution >= 4 is 18.0 Å². The Morgan fingerprint density at radius 3 is 2.18 bits per heavy atom. The van der Waals surface area contributed by atoms with E-state index in [2.05, 4.69) is 10.6 Å². The molecule has 8 nitrogen and oxygen atoms in total. The molecule has 0 bridgehead atoms. The Labute approximate surface area is 168 Å². The summed E-state index contributed by atoms with van der Waals surface area (Å²) >= 11 is 0. The fourth-order valence-corrected chi connectivity index (χ4v) is 3.01. The van der Waals surface area contributed by atoms with Crippen LogP contribution in [0.15, 0.2) is 0 Å². The van der Waals surface area contributed by atoms with Crippen molar-refractivity contribution in [3.8, 4) is 0 Å². The second kappa shape index (κ2) is 10.1. The first-order chi connectivity index (χ1) is 12.8. The van der Waals surface area contributed by atoms with Gasteiger partial charge in [0.15, 0.2) is 0 Å². The summed E-state index contributed by atoms with van der Waals surface area (Å²) in [7, 11) is 1.29. The SMILES string of the molecule is COC(=O)C(CCC[C@H]1CC[C@@H](C(=O)OC(C)(C)C)N1)NC(=O)OC(C)(C)C. The topological polar surface area (TPSA) is 103 Å². The maximum absolute atomic E-state index is 12.1.